The molecule has 7 nitrogen and oxygen atoms in total. The van der Waals surface area contributed by atoms with E-state index in [-0.39, 0.29) is 5.43 Å². The quantitative estimate of drug-likeness (QED) is 0.247. The number of carbonyl (C=O) groups excluding carboxylic acids is 1. The summed E-state index contributed by atoms with van der Waals surface area (Å²) in [6.45, 7) is 5.27. The molecule has 0 aliphatic rings. The van der Waals surface area contributed by atoms with Crippen LogP contribution >= 0.6 is 0 Å². The van der Waals surface area contributed by atoms with Gasteiger partial charge in [-0.15, -0.1) is 0 Å². The molecule has 0 aliphatic carbocycles. The molecular weight excluding hydrogens is 444 g/mol. The number of rotatable bonds is 10. The number of nitrogens with one attached hydrogen (secondary N) is 1. The van der Waals surface area contributed by atoms with Crippen molar-refractivity contribution in [2.45, 2.75) is 26.3 Å². The molecule has 0 bridgehead atoms. The highest BCUT2D eigenvalue weighted by molar-refractivity contribution is 5.90. The maximum atomic E-state index is 12.7. The van der Waals surface area contributed by atoms with Gasteiger partial charge in [-0.2, -0.15) is 0 Å². The molecule has 0 radical (unpaired) electrons. The Balaban J connectivity index is 1.35. The van der Waals surface area contributed by atoms with E-state index in [0.717, 1.165) is 38.0 Å². The zero-order valence-electron chi connectivity index (χ0n) is 20.1. The van der Waals surface area contributed by atoms with Gasteiger partial charge in [-0.05, 0) is 61.3 Å². The molecule has 0 spiro atoms. The van der Waals surface area contributed by atoms with Crippen LogP contribution in [0, 0.1) is 0 Å². The summed E-state index contributed by atoms with van der Waals surface area (Å²) in [7, 11) is 1.53. The number of benzene rings is 3. The Bertz CT molecular complexity index is 1360. The third-order valence-corrected chi connectivity index (χ3v) is 5.70. The normalized spacial score (nSPS) is 11.2. The number of nitrogens with zero attached hydrogens (tertiary/aromatic N) is 1. The number of ether oxygens (including phenoxy) is 2. The van der Waals surface area contributed by atoms with Gasteiger partial charge in [0.05, 0.1) is 17.4 Å². The summed E-state index contributed by atoms with van der Waals surface area (Å²) in [4.78, 5) is 26.5. The van der Waals surface area contributed by atoms with E-state index < -0.39 is 6.09 Å². The van der Waals surface area contributed by atoms with Crippen LogP contribution in [0.3, 0.4) is 0 Å². The molecule has 0 unspecified atom stereocenters. The second-order valence-corrected chi connectivity index (χ2v) is 8.35. The summed E-state index contributed by atoms with van der Waals surface area (Å²) < 4.78 is 17.1. The first-order valence-corrected chi connectivity index (χ1v) is 11.9. The number of hydrogen-bond donors (Lipinski definition) is 1. The summed E-state index contributed by atoms with van der Waals surface area (Å²) in [5.41, 5.74) is 2.14. The van der Waals surface area contributed by atoms with Crippen LogP contribution < -0.4 is 20.2 Å². The van der Waals surface area contributed by atoms with Crippen molar-refractivity contribution in [3.05, 3.63) is 82.5 Å². The van der Waals surface area contributed by atoms with E-state index in [1.165, 1.54) is 7.05 Å². The van der Waals surface area contributed by atoms with Crippen molar-refractivity contribution in [3.8, 4) is 11.5 Å². The summed E-state index contributed by atoms with van der Waals surface area (Å²) >= 11 is 0. The third kappa shape index (κ3) is 6.19. The van der Waals surface area contributed by atoms with Crippen molar-refractivity contribution in [3.63, 3.8) is 0 Å². The van der Waals surface area contributed by atoms with Gasteiger partial charge in [-0.3, -0.25) is 9.69 Å². The van der Waals surface area contributed by atoms with Crippen LogP contribution in [0.1, 0.15) is 25.3 Å². The predicted octanol–water partition coefficient (Wildman–Crippen LogP) is 5.35. The Morgan fingerprint density at radius 2 is 1.77 bits per heavy atom. The van der Waals surface area contributed by atoms with Gasteiger partial charge >= 0.3 is 6.09 Å². The van der Waals surface area contributed by atoms with Gasteiger partial charge in [0.15, 0.2) is 0 Å². The summed E-state index contributed by atoms with van der Waals surface area (Å²) in [6, 6.07) is 20.2. The minimum atomic E-state index is -0.481. The Labute approximate surface area is 204 Å². The molecular formula is C28H30N2O5. The van der Waals surface area contributed by atoms with Crippen molar-refractivity contribution in [2.24, 2.45) is 0 Å². The van der Waals surface area contributed by atoms with E-state index in [1.54, 1.807) is 30.3 Å². The van der Waals surface area contributed by atoms with Crippen molar-refractivity contribution in [2.75, 3.05) is 26.7 Å². The van der Waals surface area contributed by atoms with Crippen molar-refractivity contribution >= 4 is 28.0 Å². The number of para-hydroxylation sites is 1. The number of hydrogen-bond acceptors (Lipinski definition) is 6. The average molecular weight is 475 g/mol. The van der Waals surface area contributed by atoms with E-state index in [9.17, 15) is 9.59 Å². The molecule has 0 fully saturated rings. The van der Waals surface area contributed by atoms with Crippen LogP contribution in [-0.2, 0) is 6.54 Å². The van der Waals surface area contributed by atoms with Crippen LogP contribution in [0.2, 0.25) is 0 Å². The topological polar surface area (TPSA) is 81.0 Å². The lowest BCUT2D eigenvalue weighted by Crippen LogP contribution is -2.26. The Morgan fingerprint density at radius 1 is 0.943 bits per heavy atom. The first-order valence-electron chi connectivity index (χ1n) is 11.9. The van der Waals surface area contributed by atoms with Gasteiger partial charge in [0.1, 0.15) is 22.7 Å². The minimum absolute atomic E-state index is 0.0339. The number of carbonyl (C=O) groups is 1. The standard InChI is InChI=1S/C28H30N2O5/c1-3-14-30(19-20-8-6-9-22(17-20)34-28(32)29-2)15-7-16-33-21-12-13-24-26(18-21)35-25-11-5-4-10-23(25)27(24)31/h4-6,8-13,17-18H,3,7,14-16,19H2,1-2H3,(H,29,32). The molecule has 0 saturated carbocycles. The third-order valence-electron chi connectivity index (χ3n) is 5.70. The Kier molecular flexibility index (Phi) is 8.00. The molecule has 0 saturated heterocycles. The highest BCUT2D eigenvalue weighted by atomic mass is 16.6. The van der Waals surface area contributed by atoms with Gasteiger partial charge in [-0.1, -0.05) is 31.2 Å². The van der Waals surface area contributed by atoms with E-state index in [2.05, 4.69) is 17.1 Å². The molecule has 4 rings (SSSR count). The van der Waals surface area contributed by atoms with Gasteiger partial charge in [0.2, 0.25) is 5.43 Å². The minimum Gasteiger partial charge on any atom is -0.493 e. The molecule has 1 N–H and O–H groups in total. The first-order chi connectivity index (χ1) is 17.1. The van der Waals surface area contributed by atoms with Crippen LogP contribution in [0.25, 0.3) is 21.9 Å². The van der Waals surface area contributed by atoms with Crippen LogP contribution in [-0.4, -0.2) is 37.7 Å². The second kappa shape index (κ2) is 11.5. The monoisotopic (exact) mass is 474 g/mol. The van der Waals surface area contributed by atoms with Crippen molar-refractivity contribution < 1.29 is 18.7 Å². The van der Waals surface area contributed by atoms with E-state index in [4.69, 9.17) is 13.9 Å². The average Bonchev–Trinajstić information content (AvgIpc) is 2.87. The van der Waals surface area contributed by atoms with Crippen molar-refractivity contribution in [1.82, 2.24) is 10.2 Å². The maximum absolute atomic E-state index is 12.7. The van der Waals surface area contributed by atoms with Gasteiger partial charge < -0.3 is 19.2 Å². The Morgan fingerprint density at radius 3 is 2.60 bits per heavy atom. The highest BCUT2D eigenvalue weighted by Gasteiger charge is 2.10. The SMILES string of the molecule is CCCN(CCCOc1ccc2c(=O)c3ccccc3oc2c1)Cc1cccc(OC(=O)NC)c1. The zero-order valence-corrected chi connectivity index (χ0v) is 20.1. The molecule has 3 aromatic carbocycles. The van der Waals surface area contributed by atoms with Gasteiger partial charge in [0.25, 0.3) is 0 Å². The van der Waals surface area contributed by atoms with Crippen LogP contribution in [0.4, 0.5) is 4.79 Å². The molecule has 1 amide bonds. The Hall–Kier alpha value is -3.84. The maximum Gasteiger partial charge on any atom is 0.412 e. The lowest BCUT2D eigenvalue weighted by Gasteiger charge is -2.22. The molecule has 0 atom stereocenters. The van der Waals surface area contributed by atoms with E-state index in [0.29, 0.717) is 40.0 Å². The van der Waals surface area contributed by atoms with E-state index in [1.807, 2.05) is 36.4 Å². The smallest absolute Gasteiger partial charge is 0.412 e. The largest absolute Gasteiger partial charge is 0.493 e. The predicted molar refractivity (Wildman–Crippen MR) is 137 cm³/mol. The van der Waals surface area contributed by atoms with Crippen LogP contribution in [0.15, 0.2) is 75.9 Å². The second-order valence-electron chi connectivity index (χ2n) is 8.35. The molecule has 1 aromatic heterocycles. The molecule has 1 heterocycles. The summed E-state index contributed by atoms with van der Waals surface area (Å²) in [6.07, 6.45) is 1.40. The zero-order chi connectivity index (χ0) is 24.6. The summed E-state index contributed by atoms with van der Waals surface area (Å²) in [5, 5.41) is 3.58. The van der Waals surface area contributed by atoms with Crippen LogP contribution in [0.5, 0.6) is 11.5 Å². The van der Waals surface area contributed by atoms with Crippen molar-refractivity contribution in [1.29, 1.82) is 0 Å². The fourth-order valence-corrected chi connectivity index (χ4v) is 4.06. The molecule has 4 aromatic rings. The molecule has 182 valence electrons. The molecule has 35 heavy (non-hydrogen) atoms. The number of fused-ring (bicyclic) bond motifs is 2. The number of amides is 1. The molecule has 7 heteroatoms. The summed E-state index contributed by atoms with van der Waals surface area (Å²) in [5.74, 6) is 1.20. The lowest BCUT2D eigenvalue weighted by atomic mass is 10.1. The fraction of sp³-hybridized carbons (Fsp3) is 0.286. The highest BCUT2D eigenvalue weighted by Crippen LogP contribution is 2.23. The molecule has 0 aliphatic heterocycles. The lowest BCUT2D eigenvalue weighted by molar-refractivity contribution is 0.202. The first kappa shape index (κ1) is 24.3. The van der Waals surface area contributed by atoms with Gasteiger partial charge in [-0.25, -0.2) is 4.79 Å². The fourth-order valence-electron chi connectivity index (χ4n) is 4.06. The van der Waals surface area contributed by atoms with Gasteiger partial charge in [0, 0.05) is 26.2 Å². The van der Waals surface area contributed by atoms with E-state index >= 15 is 0 Å².